The van der Waals surface area contributed by atoms with Gasteiger partial charge in [-0.25, -0.2) is 4.98 Å². The summed E-state index contributed by atoms with van der Waals surface area (Å²) in [6.45, 7) is 4.41. The lowest BCUT2D eigenvalue weighted by Crippen LogP contribution is -2.36. The van der Waals surface area contributed by atoms with Gasteiger partial charge in [0.2, 0.25) is 5.91 Å². The van der Waals surface area contributed by atoms with Crippen LogP contribution >= 0.6 is 0 Å². The summed E-state index contributed by atoms with van der Waals surface area (Å²) in [5.74, 6) is -0.148. The lowest BCUT2D eigenvalue weighted by atomic mass is 10.1. The quantitative estimate of drug-likeness (QED) is 0.712. The van der Waals surface area contributed by atoms with Crippen LogP contribution in [0.4, 0.5) is 5.69 Å². The van der Waals surface area contributed by atoms with E-state index < -0.39 is 0 Å². The molecule has 1 aromatic heterocycles. The number of aromatic nitrogens is 2. The Hall–Kier alpha value is -3.21. The van der Waals surface area contributed by atoms with E-state index in [2.05, 4.69) is 4.98 Å². The number of carbonyl (C=O) groups excluding carboxylic acids is 1. The minimum Gasteiger partial charge on any atom is -0.311 e. The number of amides is 1. The average molecular weight is 347 g/mol. The molecule has 1 amide bonds. The molecule has 0 saturated carbocycles. The molecular weight excluding hydrogens is 326 g/mol. The second kappa shape index (κ2) is 7.78. The number of aryl methyl sites for hydroxylation is 1. The van der Waals surface area contributed by atoms with E-state index in [9.17, 15) is 9.59 Å². The number of nitrogens with zero attached hydrogens (tertiary/aromatic N) is 3. The van der Waals surface area contributed by atoms with E-state index >= 15 is 0 Å². The highest BCUT2D eigenvalue weighted by molar-refractivity contribution is 5.93. The summed E-state index contributed by atoms with van der Waals surface area (Å²) in [6.07, 6.45) is 1.44. The SMILES string of the molecule is CCN(C(=O)Cn1cnc(-c2ccc(C)cc2)cc1=O)c1ccccc1. The molecule has 0 unspecified atom stereocenters. The predicted molar refractivity (Wildman–Crippen MR) is 103 cm³/mol. The van der Waals surface area contributed by atoms with E-state index in [1.54, 1.807) is 4.90 Å². The molecule has 3 rings (SSSR count). The Balaban J connectivity index is 1.80. The van der Waals surface area contributed by atoms with E-state index in [4.69, 9.17) is 0 Å². The fourth-order valence-corrected chi connectivity index (χ4v) is 2.77. The molecule has 0 aliphatic heterocycles. The molecule has 2 aromatic carbocycles. The molecule has 0 bridgehead atoms. The van der Waals surface area contributed by atoms with Crippen molar-refractivity contribution in [3.63, 3.8) is 0 Å². The maximum absolute atomic E-state index is 12.6. The molecule has 0 atom stereocenters. The Morgan fingerprint density at radius 2 is 1.77 bits per heavy atom. The molecule has 5 heteroatoms. The molecule has 0 saturated heterocycles. The van der Waals surface area contributed by atoms with Crippen LogP contribution in [-0.4, -0.2) is 22.0 Å². The molecule has 0 radical (unpaired) electrons. The third-order valence-corrected chi connectivity index (χ3v) is 4.22. The Labute approximate surface area is 152 Å². The van der Waals surface area contributed by atoms with Crippen molar-refractivity contribution >= 4 is 11.6 Å². The van der Waals surface area contributed by atoms with Crippen molar-refractivity contribution in [3.8, 4) is 11.3 Å². The zero-order valence-corrected chi connectivity index (χ0v) is 14.9. The number of carbonyl (C=O) groups is 1. The van der Waals surface area contributed by atoms with Gasteiger partial charge < -0.3 is 4.90 Å². The molecule has 132 valence electrons. The summed E-state index contributed by atoms with van der Waals surface area (Å²) in [7, 11) is 0. The largest absolute Gasteiger partial charge is 0.311 e. The normalized spacial score (nSPS) is 10.5. The van der Waals surface area contributed by atoms with Crippen LogP contribution in [0.5, 0.6) is 0 Å². The number of para-hydroxylation sites is 1. The summed E-state index contributed by atoms with van der Waals surface area (Å²) < 4.78 is 1.34. The van der Waals surface area contributed by atoms with Crippen LogP contribution in [0.2, 0.25) is 0 Å². The Morgan fingerprint density at radius 3 is 2.38 bits per heavy atom. The number of hydrogen-bond acceptors (Lipinski definition) is 3. The summed E-state index contributed by atoms with van der Waals surface area (Å²) >= 11 is 0. The van der Waals surface area contributed by atoms with Gasteiger partial charge in [0, 0.05) is 23.9 Å². The minimum absolute atomic E-state index is 0.0389. The summed E-state index contributed by atoms with van der Waals surface area (Å²) in [4.78, 5) is 31.0. The molecule has 0 spiro atoms. The predicted octanol–water partition coefficient (Wildman–Crippen LogP) is 3.27. The second-order valence-corrected chi connectivity index (χ2v) is 6.08. The number of hydrogen-bond donors (Lipinski definition) is 0. The van der Waals surface area contributed by atoms with Crippen LogP contribution in [0, 0.1) is 6.92 Å². The van der Waals surface area contributed by atoms with E-state index in [-0.39, 0.29) is 18.0 Å². The van der Waals surface area contributed by atoms with Gasteiger partial charge in [0.25, 0.3) is 5.56 Å². The standard InChI is InChI=1S/C21H21N3O2/c1-3-24(18-7-5-4-6-8-18)21(26)14-23-15-22-19(13-20(23)25)17-11-9-16(2)10-12-17/h4-13,15H,3,14H2,1-2H3. The monoisotopic (exact) mass is 347 g/mol. The van der Waals surface area contributed by atoms with Crippen molar-refractivity contribution in [3.05, 3.63) is 82.9 Å². The van der Waals surface area contributed by atoms with Gasteiger partial charge in [-0.15, -0.1) is 0 Å². The van der Waals surface area contributed by atoms with Crippen molar-refractivity contribution in [1.82, 2.24) is 9.55 Å². The maximum atomic E-state index is 12.6. The maximum Gasteiger partial charge on any atom is 0.254 e. The van der Waals surface area contributed by atoms with Gasteiger partial charge in [0.15, 0.2) is 0 Å². The highest BCUT2D eigenvalue weighted by Gasteiger charge is 2.15. The van der Waals surface area contributed by atoms with E-state index in [0.717, 1.165) is 16.8 Å². The molecule has 0 aliphatic rings. The lowest BCUT2D eigenvalue weighted by molar-refractivity contribution is -0.119. The van der Waals surface area contributed by atoms with Crippen LogP contribution in [0.3, 0.4) is 0 Å². The van der Waals surface area contributed by atoms with Gasteiger partial charge >= 0.3 is 0 Å². The smallest absolute Gasteiger partial charge is 0.254 e. The van der Waals surface area contributed by atoms with Crippen molar-refractivity contribution in [2.75, 3.05) is 11.4 Å². The van der Waals surface area contributed by atoms with Crippen molar-refractivity contribution in [1.29, 1.82) is 0 Å². The minimum atomic E-state index is -0.243. The highest BCUT2D eigenvalue weighted by atomic mass is 16.2. The fourth-order valence-electron chi connectivity index (χ4n) is 2.77. The van der Waals surface area contributed by atoms with Crippen LogP contribution in [0.1, 0.15) is 12.5 Å². The first-order valence-electron chi connectivity index (χ1n) is 8.57. The number of anilines is 1. The van der Waals surface area contributed by atoms with E-state index in [1.807, 2.05) is 68.4 Å². The van der Waals surface area contributed by atoms with E-state index in [1.165, 1.54) is 17.0 Å². The first kappa shape index (κ1) is 17.6. The van der Waals surface area contributed by atoms with Crippen molar-refractivity contribution in [2.45, 2.75) is 20.4 Å². The first-order chi connectivity index (χ1) is 12.6. The van der Waals surface area contributed by atoms with Crippen LogP contribution in [-0.2, 0) is 11.3 Å². The first-order valence-corrected chi connectivity index (χ1v) is 8.57. The Kier molecular flexibility index (Phi) is 5.27. The summed E-state index contributed by atoms with van der Waals surface area (Å²) in [5.41, 5.74) is 3.21. The second-order valence-electron chi connectivity index (χ2n) is 6.08. The highest BCUT2D eigenvalue weighted by Crippen LogP contribution is 2.16. The fraction of sp³-hybridized carbons (Fsp3) is 0.190. The van der Waals surface area contributed by atoms with Crippen molar-refractivity contribution in [2.24, 2.45) is 0 Å². The van der Waals surface area contributed by atoms with Gasteiger partial charge in [-0.1, -0.05) is 48.0 Å². The van der Waals surface area contributed by atoms with Crippen LogP contribution in [0.15, 0.2) is 71.8 Å². The lowest BCUT2D eigenvalue weighted by Gasteiger charge is -2.21. The van der Waals surface area contributed by atoms with Gasteiger partial charge in [0.1, 0.15) is 6.54 Å². The molecule has 0 fully saturated rings. The zero-order chi connectivity index (χ0) is 18.5. The van der Waals surface area contributed by atoms with Crippen molar-refractivity contribution < 1.29 is 4.79 Å². The molecule has 26 heavy (non-hydrogen) atoms. The van der Waals surface area contributed by atoms with Crippen LogP contribution < -0.4 is 10.5 Å². The molecule has 1 heterocycles. The van der Waals surface area contributed by atoms with E-state index in [0.29, 0.717) is 12.2 Å². The molecule has 0 N–H and O–H groups in total. The third-order valence-electron chi connectivity index (χ3n) is 4.22. The van der Waals surface area contributed by atoms with Gasteiger partial charge in [-0.2, -0.15) is 0 Å². The summed E-state index contributed by atoms with van der Waals surface area (Å²) in [5, 5.41) is 0. The Morgan fingerprint density at radius 1 is 1.08 bits per heavy atom. The van der Waals surface area contributed by atoms with Gasteiger partial charge in [-0.05, 0) is 26.0 Å². The zero-order valence-electron chi connectivity index (χ0n) is 14.9. The third kappa shape index (κ3) is 3.88. The Bertz CT molecular complexity index is 947. The number of rotatable bonds is 5. The van der Waals surface area contributed by atoms with Gasteiger partial charge in [-0.3, -0.25) is 14.2 Å². The molecule has 0 aliphatic carbocycles. The summed E-state index contributed by atoms with van der Waals surface area (Å²) in [6, 6.07) is 18.7. The molecular formula is C21H21N3O2. The molecule has 5 nitrogen and oxygen atoms in total. The number of benzene rings is 2. The number of likely N-dealkylation sites (N-methyl/N-ethyl adjacent to an activating group) is 1. The van der Waals surface area contributed by atoms with Gasteiger partial charge in [0.05, 0.1) is 12.0 Å². The topological polar surface area (TPSA) is 55.2 Å². The average Bonchev–Trinajstić information content (AvgIpc) is 2.65. The molecule has 3 aromatic rings. The van der Waals surface area contributed by atoms with Crippen LogP contribution in [0.25, 0.3) is 11.3 Å².